The lowest BCUT2D eigenvalue weighted by atomic mass is 10.1. The average molecular weight is 194 g/mol. The van der Waals surface area contributed by atoms with Crippen LogP contribution in [-0.2, 0) is 4.74 Å². The number of halogens is 1. The van der Waals surface area contributed by atoms with Crippen molar-refractivity contribution in [1.82, 2.24) is 0 Å². The van der Waals surface area contributed by atoms with Crippen molar-refractivity contribution in [1.29, 1.82) is 0 Å². The van der Waals surface area contributed by atoms with Crippen molar-refractivity contribution < 1.29 is 13.9 Å². The second-order valence-corrected chi connectivity index (χ2v) is 2.47. The van der Waals surface area contributed by atoms with Crippen molar-refractivity contribution in [2.75, 3.05) is 12.8 Å². The van der Waals surface area contributed by atoms with Crippen LogP contribution >= 0.6 is 0 Å². The first-order valence-electron chi connectivity index (χ1n) is 3.65. The maximum atomic E-state index is 13.3. The van der Waals surface area contributed by atoms with Crippen molar-refractivity contribution >= 4 is 17.3 Å². The predicted octanol–water partition coefficient (Wildman–Crippen LogP) is 1.75. The molecular formula is C9H7FN2O2. The second-order valence-electron chi connectivity index (χ2n) is 2.47. The van der Waals surface area contributed by atoms with E-state index < -0.39 is 17.3 Å². The second kappa shape index (κ2) is 3.75. The Morgan fingerprint density at radius 3 is 2.79 bits per heavy atom. The van der Waals surface area contributed by atoms with Gasteiger partial charge >= 0.3 is 5.97 Å². The number of hydrogen-bond donors (Lipinski definition) is 1. The number of nitrogens with two attached hydrogens (primary N) is 1. The molecule has 0 saturated heterocycles. The fourth-order valence-electron chi connectivity index (χ4n) is 0.971. The standard InChI is InChI=1S/C9H7FN2O2/c1-12-6-4-3-5(11)8(10)7(6)9(13)14-2/h3-4H,11H2,2H3. The zero-order valence-electron chi connectivity index (χ0n) is 7.37. The van der Waals surface area contributed by atoms with Gasteiger partial charge in [-0.2, -0.15) is 0 Å². The van der Waals surface area contributed by atoms with Crippen LogP contribution in [0.4, 0.5) is 15.8 Å². The Bertz CT molecular complexity index is 424. The molecule has 0 spiro atoms. The third-order valence-corrected chi connectivity index (χ3v) is 1.66. The van der Waals surface area contributed by atoms with Crippen LogP contribution in [-0.4, -0.2) is 13.1 Å². The van der Waals surface area contributed by atoms with Crippen LogP contribution in [0.15, 0.2) is 12.1 Å². The molecule has 0 aliphatic heterocycles. The van der Waals surface area contributed by atoms with E-state index in [1.807, 2.05) is 0 Å². The van der Waals surface area contributed by atoms with Gasteiger partial charge in [-0.1, -0.05) is 6.07 Å². The van der Waals surface area contributed by atoms with Crippen LogP contribution in [0.1, 0.15) is 10.4 Å². The minimum atomic E-state index is -0.912. The fourth-order valence-corrected chi connectivity index (χ4v) is 0.971. The Morgan fingerprint density at radius 1 is 1.64 bits per heavy atom. The van der Waals surface area contributed by atoms with Crippen LogP contribution in [0.25, 0.3) is 4.85 Å². The molecule has 0 unspecified atom stereocenters. The number of anilines is 1. The van der Waals surface area contributed by atoms with Gasteiger partial charge in [0.2, 0.25) is 5.69 Å². The van der Waals surface area contributed by atoms with Gasteiger partial charge in [0.15, 0.2) is 0 Å². The molecule has 2 N–H and O–H groups in total. The minimum absolute atomic E-state index is 0.108. The summed E-state index contributed by atoms with van der Waals surface area (Å²) in [6.07, 6.45) is 0. The quantitative estimate of drug-likeness (QED) is 0.421. The summed E-state index contributed by atoms with van der Waals surface area (Å²) in [5, 5.41) is 0. The summed E-state index contributed by atoms with van der Waals surface area (Å²) in [7, 11) is 1.11. The molecule has 1 rings (SSSR count). The highest BCUT2D eigenvalue weighted by atomic mass is 19.1. The third-order valence-electron chi connectivity index (χ3n) is 1.66. The number of carbonyl (C=O) groups excluding carboxylic acids is 1. The Kier molecular flexibility index (Phi) is 2.67. The Hall–Kier alpha value is -2.09. The number of hydrogen-bond acceptors (Lipinski definition) is 3. The van der Waals surface area contributed by atoms with Crippen LogP contribution in [0.3, 0.4) is 0 Å². The number of rotatable bonds is 1. The number of nitrogen functional groups attached to an aromatic ring is 1. The van der Waals surface area contributed by atoms with Crippen molar-refractivity contribution in [3.05, 3.63) is 34.9 Å². The summed E-state index contributed by atoms with van der Waals surface area (Å²) in [6, 6.07) is 2.51. The van der Waals surface area contributed by atoms with E-state index in [4.69, 9.17) is 12.3 Å². The highest BCUT2D eigenvalue weighted by Crippen LogP contribution is 2.26. The van der Waals surface area contributed by atoms with Crippen LogP contribution in [0.2, 0.25) is 0 Å². The van der Waals surface area contributed by atoms with Gasteiger partial charge in [-0.3, -0.25) is 0 Å². The number of methoxy groups -OCH3 is 1. The summed E-state index contributed by atoms with van der Waals surface area (Å²) in [5.74, 6) is -1.81. The van der Waals surface area contributed by atoms with Crippen molar-refractivity contribution in [2.24, 2.45) is 0 Å². The smallest absolute Gasteiger partial charge is 0.330 e. The van der Waals surface area contributed by atoms with E-state index in [2.05, 4.69) is 9.58 Å². The SMILES string of the molecule is [C-]#[N+]c1ccc(N)c(F)c1C(=O)OC. The molecule has 1 aromatic carbocycles. The Morgan fingerprint density at radius 2 is 2.29 bits per heavy atom. The normalized spacial score (nSPS) is 9.21. The summed E-state index contributed by atoms with van der Waals surface area (Å²) < 4.78 is 17.7. The number of benzene rings is 1. The van der Waals surface area contributed by atoms with Gasteiger partial charge in [-0.15, -0.1) is 0 Å². The maximum absolute atomic E-state index is 13.3. The fraction of sp³-hybridized carbons (Fsp3) is 0.111. The summed E-state index contributed by atoms with van der Waals surface area (Å²) in [4.78, 5) is 14.1. The number of carbonyl (C=O) groups is 1. The Balaban J connectivity index is 3.45. The summed E-state index contributed by atoms with van der Waals surface area (Å²) in [5.41, 5.74) is 4.55. The number of esters is 1. The molecule has 1 aromatic rings. The van der Waals surface area contributed by atoms with E-state index >= 15 is 0 Å². The largest absolute Gasteiger partial charge is 0.466 e. The highest BCUT2D eigenvalue weighted by Gasteiger charge is 2.19. The van der Waals surface area contributed by atoms with E-state index in [1.165, 1.54) is 12.1 Å². The Labute approximate surface area is 79.9 Å². The zero-order valence-corrected chi connectivity index (χ0v) is 7.37. The molecule has 0 atom stereocenters. The predicted molar refractivity (Wildman–Crippen MR) is 48.4 cm³/mol. The van der Waals surface area contributed by atoms with E-state index in [9.17, 15) is 9.18 Å². The lowest BCUT2D eigenvalue weighted by molar-refractivity contribution is 0.0597. The van der Waals surface area contributed by atoms with Crippen molar-refractivity contribution in [3.8, 4) is 0 Å². The molecule has 0 aromatic heterocycles. The van der Waals surface area contributed by atoms with E-state index in [0.29, 0.717) is 0 Å². The first-order chi connectivity index (χ1) is 6.61. The van der Waals surface area contributed by atoms with Gasteiger partial charge in [0, 0.05) is 0 Å². The average Bonchev–Trinajstić information content (AvgIpc) is 2.20. The molecule has 5 heteroatoms. The molecule has 0 amide bonds. The summed E-state index contributed by atoms with van der Waals surface area (Å²) >= 11 is 0. The van der Waals surface area contributed by atoms with E-state index in [-0.39, 0.29) is 11.4 Å². The first-order valence-corrected chi connectivity index (χ1v) is 3.65. The molecule has 72 valence electrons. The molecule has 0 aliphatic rings. The topological polar surface area (TPSA) is 56.7 Å². The molecule has 14 heavy (non-hydrogen) atoms. The molecule has 0 bridgehead atoms. The molecule has 0 radical (unpaired) electrons. The number of ether oxygens (including phenoxy) is 1. The minimum Gasteiger partial charge on any atom is -0.466 e. The number of nitrogens with zero attached hydrogens (tertiary/aromatic N) is 1. The first kappa shape index (κ1) is 9.99. The molecular weight excluding hydrogens is 187 g/mol. The molecule has 0 heterocycles. The highest BCUT2D eigenvalue weighted by molar-refractivity contribution is 5.97. The van der Waals surface area contributed by atoms with Gasteiger partial charge in [0.1, 0.15) is 11.4 Å². The van der Waals surface area contributed by atoms with Crippen molar-refractivity contribution in [3.63, 3.8) is 0 Å². The van der Waals surface area contributed by atoms with E-state index in [1.54, 1.807) is 0 Å². The van der Waals surface area contributed by atoms with Gasteiger partial charge in [-0.25, -0.2) is 14.0 Å². The van der Waals surface area contributed by atoms with Gasteiger partial charge < -0.3 is 10.5 Å². The van der Waals surface area contributed by atoms with E-state index in [0.717, 1.165) is 7.11 Å². The third kappa shape index (κ3) is 1.50. The van der Waals surface area contributed by atoms with Crippen LogP contribution in [0, 0.1) is 12.4 Å². The molecule has 0 aliphatic carbocycles. The van der Waals surface area contributed by atoms with Gasteiger partial charge in [0.25, 0.3) is 0 Å². The lowest BCUT2D eigenvalue weighted by Crippen LogP contribution is -2.06. The monoisotopic (exact) mass is 194 g/mol. The zero-order chi connectivity index (χ0) is 10.7. The van der Waals surface area contributed by atoms with Crippen LogP contribution < -0.4 is 5.73 Å². The van der Waals surface area contributed by atoms with Gasteiger partial charge in [-0.05, 0) is 6.07 Å². The van der Waals surface area contributed by atoms with Gasteiger partial charge in [0.05, 0.1) is 19.4 Å². The maximum Gasteiger partial charge on any atom is 0.330 e. The van der Waals surface area contributed by atoms with Crippen molar-refractivity contribution in [2.45, 2.75) is 0 Å². The molecule has 0 saturated carbocycles. The summed E-state index contributed by atoms with van der Waals surface area (Å²) in [6.45, 7) is 6.73. The van der Waals surface area contributed by atoms with Crippen LogP contribution in [0.5, 0.6) is 0 Å². The molecule has 4 nitrogen and oxygen atoms in total. The lowest BCUT2D eigenvalue weighted by Gasteiger charge is -2.05. The molecule has 0 fully saturated rings.